The molecule has 2 aromatic carbocycles. The fourth-order valence-electron chi connectivity index (χ4n) is 2.41. The SMILES string of the molecule is Clc1ncc(CNc2ccccc2-c2nc(-c3ccccc3)no2)s1. The van der Waals surface area contributed by atoms with Crippen molar-refractivity contribution in [3.63, 3.8) is 0 Å². The summed E-state index contributed by atoms with van der Waals surface area (Å²) in [6.07, 6.45) is 1.77. The maximum atomic E-state index is 5.88. The van der Waals surface area contributed by atoms with Crippen molar-refractivity contribution < 1.29 is 4.52 Å². The molecule has 0 bridgehead atoms. The molecule has 2 heterocycles. The van der Waals surface area contributed by atoms with E-state index in [0.717, 1.165) is 21.7 Å². The number of halogens is 1. The van der Waals surface area contributed by atoms with Crippen molar-refractivity contribution in [2.45, 2.75) is 6.54 Å². The molecule has 1 N–H and O–H groups in total. The lowest BCUT2D eigenvalue weighted by molar-refractivity contribution is 0.432. The summed E-state index contributed by atoms with van der Waals surface area (Å²) in [4.78, 5) is 9.62. The van der Waals surface area contributed by atoms with E-state index in [0.29, 0.717) is 22.7 Å². The van der Waals surface area contributed by atoms with Gasteiger partial charge in [0, 0.05) is 22.3 Å². The Bertz CT molecular complexity index is 983. The van der Waals surface area contributed by atoms with E-state index in [2.05, 4.69) is 20.4 Å². The summed E-state index contributed by atoms with van der Waals surface area (Å²) in [5.74, 6) is 1.05. The minimum Gasteiger partial charge on any atom is -0.379 e. The van der Waals surface area contributed by atoms with Gasteiger partial charge in [0.25, 0.3) is 5.89 Å². The van der Waals surface area contributed by atoms with Crippen LogP contribution in [0.15, 0.2) is 65.3 Å². The molecule has 0 radical (unpaired) electrons. The largest absolute Gasteiger partial charge is 0.379 e. The zero-order chi connectivity index (χ0) is 17.1. The summed E-state index contributed by atoms with van der Waals surface area (Å²) in [7, 11) is 0. The van der Waals surface area contributed by atoms with Gasteiger partial charge in [-0.05, 0) is 12.1 Å². The van der Waals surface area contributed by atoms with Gasteiger partial charge in [-0.25, -0.2) is 4.98 Å². The third kappa shape index (κ3) is 3.55. The van der Waals surface area contributed by atoms with Crippen LogP contribution in [0.4, 0.5) is 5.69 Å². The van der Waals surface area contributed by atoms with Crippen molar-refractivity contribution in [2.75, 3.05) is 5.32 Å². The van der Waals surface area contributed by atoms with Gasteiger partial charge in [-0.1, -0.05) is 59.2 Å². The first-order valence-corrected chi connectivity index (χ1v) is 8.81. The van der Waals surface area contributed by atoms with Crippen LogP contribution in [-0.4, -0.2) is 15.1 Å². The van der Waals surface area contributed by atoms with E-state index < -0.39 is 0 Å². The number of para-hydroxylation sites is 1. The lowest BCUT2D eigenvalue weighted by atomic mass is 10.1. The van der Waals surface area contributed by atoms with E-state index in [9.17, 15) is 0 Å². The molecule has 0 aliphatic rings. The highest BCUT2D eigenvalue weighted by atomic mass is 35.5. The third-order valence-electron chi connectivity index (χ3n) is 3.59. The first-order valence-electron chi connectivity index (χ1n) is 7.62. The second-order valence-corrected chi connectivity index (χ2v) is 6.97. The van der Waals surface area contributed by atoms with Crippen molar-refractivity contribution in [3.8, 4) is 22.8 Å². The van der Waals surface area contributed by atoms with Gasteiger partial charge >= 0.3 is 0 Å². The fraction of sp³-hybridized carbons (Fsp3) is 0.0556. The highest BCUT2D eigenvalue weighted by molar-refractivity contribution is 7.15. The molecule has 0 fully saturated rings. The van der Waals surface area contributed by atoms with Gasteiger partial charge < -0.3 is 9.84 Å². The minimum atomic E-state index is 0.476. The Morgan fingerprint density at radius 1 is 1.04 bits per heavy atom. The predicted octanol–water partition coefficient (Wildman–Crippen LogP) is 5.13. The van der Waals surface area contributed by atoms with Gasteiger partial charge in [0.15, 0.2) is 4.47 Å². The Hall–Kier alpha value is -2.70. The quantitative estimate of drug-likeness (QED) is 0.529. The van der Waals surface area contributed by atoms with E-state index in [1.807, 2.05) is 54.6 Å². The van der Waals surface area contributed by atoms with Crippen LogP contribution in [0.25, 0.3) is 22.8 Å². The summed E-state index contributed by atoms with van der Waals surface area (Å²) in [6, 6.07) is 17.6. The predicted molar refractivity (Wildman–Crippen MR) is 99.6 cm³/mol. The Morgan fingerprint density at radius 3 is 2.64 bits per heavy atom. The summed E-state index contributed by atoms with van der Waals surface area (Å²) >= 11 is 7.33. The number of hydrogen-bond donors (Lipinski definition) is 1. The second-order valence-electron chi connectivity index (χ2n) is 5.27. The molecule has 0 saturated carbocycles. The van der Waals surface area contributed by atoms with Crippen LogP contribution in [-0.2, 0) is 6.54 Å². The number of nitrogens with one attached hydrogen (secondary N) is 1. The zero-order valence-corrected chi connectivity index (χ0v) is 14.6. The molecule has 0 atom stereocenters. The average molecular weight is 369 g/mol. The fourth-order valence-corrected chi connectivity index (χ4v) is 3.33. The van der Waals surface area contributed by atoms with Crippen molar-refractivity contribution in [1.82, 2.24) is 15.1 Å². The van der Waals surface area contributed by atoms with E-state index in [1.165, 1.54) is 11.3 Å². The molecule has 5 nitrogen and oxygen atoms in total. The average Bonchev–Trinajstić information content (AvgIpc) is 3.30. The highest BCUT2D eigenvalue weighted by Crippen LogP contribution is 2.29. The van der Waals surface area contributed by atoms with Gasteiger partial charge in [0.2, 0.25) is 5.82 Å². The number of aromatic nitrogens is 3. The molecule has 0 unspecified atom stereocenters. The number of thiazole rings is 1. The molecule has 0 amide bonds. The molecule has 0 aliphatic heterocycles. The summed E-state index contributed by atoms with van der Waals surface area (Å²) < 4.78 is 6.01. The number of rotatable bonds is 5. The van der Waals surface area contributed by atoms with Gasteiger partial charge in [0.05, 0.1) is 12.1 Å². The van der Waals surface area contributed by atoms with Crippen LogP contribution in [0, 0.1) is 0 Å². The van der Waals surface area contributed by atoms with Crippen LogP contribution in [0.5, 0.6) is 0 Å². The molecular formula is C18H13ClN4OS. The second kappa shape index (κ2) is 7.04. The Labute approximate surface area is 153 Å². The lowest BCUT2D eigenvalue weighted by Crippen LogP contribution is -1.99. The first kappa shape index (κ1) is 15.8. The van der Waals surface area contributed by atoms with E-state index >= 15 is 0 Å². The number of anilines is 1. The first-order chi connectivity index (χ1) is 12.3. The van der Waals surface area contributed by atoms with Crippen LogP contribution in [0.3, 0.4) is 0 Å². The molecule has 124 valence electrons. The van der Waals surface area contributed by atoms with Gasteiger partial charge in [-0.3, -0.25) is 0 Å². The van der Waals surface area contributed by atoms with Gasteiger partial charge in [-0.15, -0.1) is 11.3 Å². The summed E-state index contributed by atoms with van der Waals surface area (Å²) in [5, 5.41) is 7.46. The van der Waals surface area contributed by atoms with Crippen molar-refractivity contribution in [3.05, 3.63) is 70.1 Å². The van der Waals surface area contributed by atoms with Gasteiger partial charge in [-0.2, -0.15) is 4.98 Å². The van der Waals surface area contributed by atoms with E-state index in [4.69, 9.17) is 16.1 Å². The van der Waals surface area contributed by atoms with Crippen LogP contribution < -0.4 is 5.32 Å². The third-order valence-corrected chi connectivity index (χ3v) is 4.71. The lowest BCUT2D eigenvalue weighted by Gasteiger charge is -2.08. The molecule has 25 heavy (non-hydrogen) atoms. The number of benzene rings is 2. The van der Waals surface area contributed by atoms with E-state index in [-0.39, 0.29) is 0 Å². The smallest absolute Gasteiger partial charge is 0.260 e. The van der Waals surface area contributed by atoms with Crippen LogP contribution in [0.2, 0.25) is 4.47 Å². The maximum absolute atomic E-state index is 5.88. The maximum Gasteiger partial charge on any atom is 0.260 e. The number of hydrogen-bond acceptors (Lipinski definition) is 6. The number of nitrogens with zero attached hydrogens (tertiary/aromatic N) is 3. The Kier molecular flexibility index (Phi) is 4.45. The van der Waals surface area contributed by atoms with Crippen molar-refractivity contribution >= 4 is 28.6 Å². The normalized spacial score (nSPS) is 10.8. The summed E-state index contributed by atoms with van der Waals surface area (Å²) in [5.41, 5.74) is 2.69. The van der Waals surface area contributed by atoms with Crippen molar-refractivity contribution in [2.24, 2.45) is 0 Å². The molecule has 0 saturated heterocycles. The Balaban J connectivity index is 1.59. The molecule has 4 rings (SSSR count). The molecule has 4 aromatic rings. The standard InChI is InChI=1S/C18H13ClN4OS/c19-18-21-11-13(25-18)10-20-15-9-5-4-8-14(15)17-22-16(23-24-17)12-6-2-1-3-7-12/h1-9,11,20H,10H2. The van der Waals surface area contributed by atoms with Crippen LogP contribution in [0.1, 0.15) is 4.88 Å². The minimum absolute atomic E-state index is 0.476. The van der Waals surface area contributed by atoms with Crippen LogP contribution >= 0.6 is 22.9 Å². The van der Waals surface area contributed by atoms with Gasteiger partial charge in [0.1, 0.15) is 0 Å². The zero-order valence-electron chi connectivity index (χ0n) is 13.0. The molecular weight excluding hydrogens is 356 g/mol. The highest BCUT2D eigenvalue weighted by Gasteiger charge is 2.14. The summed E-state index contributed by atoms with van der Waals surface area (Å²) in [6.45, 7) is 0.626. The van der Waals surface area contributed by atoms with Crippen molar-refractivity contribution in [1.29, 1.82) is 0 Å². The Morgan fingerprint density at radius 2 is 1.84 bits per heavy atom. The molecule has 7 heteroatoms. The monoisotopic (exact) mass is 368 g/mol. The topological polar surface area (TPSA) is 63.8 Å². The molecule has 0 spiro atoms. The molecule has 2 aromatic heterocycles. The van der Waals surface area contributed by atoms with E-state index in [1.54, 1.807) is 6.20 Å². The molecule has 0 aliphatic carbocycles.